The van der Waals surface area contributed by atoms with Crippen molar-refractivity contribution in [2.24, 2.45) is 0 Å². The number of carbonyl (C=O) groups is 1. The number of thiol groups is 2. The number of aliphatic hydroxyl groups is 1. The SMILES string of the molecule is O=C(O)CCS.OCSS. The molecule has 0 rings (SSSR count). The molecule has 0 saturated heterocycles. The Morgan fingerprint density at radius 1 is 1.60 bits per heavy atom. The third-order valence-corrected chi connectivity index (χ3v) is 1.07. The van der Waals surface area contributed by atoms with Crippen LogP contribution < -0.4 is 0 Å². The van der Waals surface area contributed by atoms with E-state index in [2.05, 4.69) is 24.3 Å². The molecule has 3 nitrogen and oxygen atoms in total. The van der Waals surface area contributed by atoms with Crippen molar-refractivity contribution in [3.05, 3.63) is 0 Å². The number of hydrogen-bond acceptors (Lipinski definition) is 5. The van der Waals surface area contributed by atoms with Crippen molar-refractivity contribution >= 4 is 41.1 Å². The first-order valence-corrected chi connectivity index (χ1v) is 5.06. The summed E-state index contributed by atoms with van der Waals surface area (Å²) in [6.45, 7) is 0. The molecule has 2 N–H and O–H groups in total. The molecule has 10 heavy (non-hydrogen) atoms. The molecule has 0 fully saturated rings. The normalized spacial score (nSPS) is 7.90. The molecule has 0 heterocycles. The number of aliphatic hydroxyl groups excluding tert-OH is 1. The van der Waals surface area contributed by atoms with Crippen LogP contribution >= 0.6 is 35.1 Å². The molecule has 0 radical (unpaired) electrons. The van der Waals surface area contributed by atoms with Gasteiger partial charge in [-0.3, -0.25) is 4.79 Å². The van der Waals surface area contributed by atoms with Gasteiger partial charge < -0.3 is 10.2 Å². The Morgan fingerprint density at radius 2 is 2.00 bits per heavy atom. The predicted molar refractivity (Wildman–Crippen MR) is 49.8 cm³/mol. The van der Waals surface area contributed by atoms with E-state index < -0.39 is 5.97 Å². The molecule has 0 spiro atoms. The Bertz CT molecular complexity index is 76.1. The lowest BCUT2D eigenvalue weighted by molar-refractivity contribution is -0.136. The monoisotopic (exact) mass is 202 g/mol. The largest absolute Gasteiger partial charge is 0.481 e. The van der Waals surface area contributed by atoms with E-state index in [4.69, 9.17) is 10.2 Å². The van der Waals surface area contributed by atoms with Crippen molar-refractivity contribution in [2.75, 3.05) is 11.7 Å². The van der Waals surface area contributed by atoms with Crippen molar-refractivity contribution in [3.8, 4) is 0 Å². The maximum absolute atomic E-state index is 9.55. The molecule has 62 valence electrons. The van der Waals surface area contributed by atoms with E-state index >= 15 is 0 Å². The lowest BCUT2D eigenvalue weighted by atomic mass is 10.5. The minimum absolute atomic E-state index is 0.100. The van der Waals surface area contributed by atoms with E-state index in [-0.39, 0.29) is 12.4 Å². The van der Waals surface area contributed by atoms with Gasteiger partial charge in [-0.15, -0.1) is 11.7 Å². The lowest BCUT2D eigenvalue weighted by Gasteiger charge is -1.79. The summed E-state index contributed by atoms with van der Waals surface area (Å²) in [5, 5.41) is 15.6. The Balaban J connectivity index is 0. The van der Waals surface area contributed by atoms with Gasteiger partial charge in [0.05, 0.1) is 12.4 Å². The predicted octanol–water partition coefficient (Wildman–Crippen LogP) is 0.905. The maximum atomic E-state index is 9.55. The fraction of sp³-hybridized carbons (Fsp3) is 0.750. The van der Waals surface area contributed by atoms with Crippen LogP contribution in [-0.4, -0.2) is 27.9 Å². The van der Waals surface area contributed by atoms with Crippen molar-refractivity contribution in [1.82, 2.24) is 0 Å². The van der Waals surface area contributed by atoms with Crippen LogP contribution in [0.5, 0.6) is 0 Å². The van der Waals surface area contributed by atoms with E-state index in [0.717, 1.165) is 10.8 Å². The second kappa shape index (κ2) is 12.2. The summed E-state index contributed by atoms with van der Waals surface area (Å²) in [6.07, 6.45) is 0.156. The molecule has 0 saturated carbocycles. The van der Waals surface area contributed by atoms with Crippen molar-refractivity contribution in [1.29, 1.82) is 0 Å². The summed E-state index contributed by atoms with van der Waals surface area (Å²) in [5.41, 5.74) is 0. The number of hydrogen-bond donors (Lipinski definition) is 4. The summed E-state index contributed by atoms with van der Waals surface area (Å²) >= 11 is 7.27. The van der Waals surface area contributed by atoms with Crippen LogP contribution in [-0.2, 0) is 4.79 Å². The summed E-state index contributed by atoms with van der Waals surface area (Å²) < 4.78 is 0. The fourth-order valence-corrected chi connectivity index (χ4v) is 0.287. The van der Waals surface area contributed by atoms with Crippen LogP contribution in [0.15, 0.2) is 0 Å². The zero-order chi connectivity index (χ0) is 8.41. The number of carboxylic acid groups (broad SMARTS) is 1. The molecule has 0 aromatic heterocycles. The smallest absolute Gasteiger partial charge is 0.304 e. The first kappa shape index (κ1) is 13.1. The van der Waals surface area contributed by atoms with Gasteiger partial charge in [-0.1, -0.05) is 10.8 Å². The van der Waals surface area contributed by atoms with Crippen LogP contribution in [0.25, 0.3) is 0 Å². The average Bonchev–Trinajstić information content (AvgIpc) is 1.89. The fourth-order valence-electron chi connectivity index (χ4n) is 0.0956. The molecule has 0 aromatic carbocycles. The quantitative estimate of drug-likeness (QED) is 0.312. The highest BCUT2D eigenvalue weighted by Gasteiger charge is 1.88. The number of rotatable bonds is 3. The second-order valence-electron chi connectivity index (χ2n) is 1.13. The van der Waals surface area contributed by atoms with Crippen molar-refractivity contribution < 1.29 is 15.0 Å². The van der Waals surface area contributed by atoms with Gasteiger partial charge in [0.25, 0.3) is 0 Å². The van der Waals surface area contributed by atoms with E-state index in [1.165, 1.54) is 0 Å². The van der Waals surface area contributed by atoms with Gasteiger partial charge in [-0.25, -0.2) is 0 Å². The van der Waals surface area contributed by atoms with E-state index in [1.807, 2.05) is 0 Å². The summed E-state index contributed by atoms with van der Waals surface area (Å²) in [6, 6.07) is 0. The summed E-state index contributed by atoms with van der Waals surface area (Å²) in [7, 11) is 1.11. The summed E-state index contributed by atoms with van der Waals surface area (Å²) in [5.74, 6) is -0.261. The van der Waals surface area contributed by atoms with Crippen molar-refractivity contribution in [2.45, 2.75) is 6.42 Å². The molecule has 6 heteroatoms. The first-order valence-electron chi connectivity index (χ1n) is 2.38. The standard InChI is InChI=1S/C3H6O2S.CH4OS2/c4-3(5)1-2-6;2-1-4-3/h6H,1-2H2,(H,4,5);2-3H,1H2. The van der Waals surface area contributed by atoms with Gasteiger partial charge in [-0.05, 0) is 0 Å². The number of carboxylic acids is 1. The zero-order valence-corrected chi connectivity index (χ0v) is 7.83. The van der Waals surface area contributed by atoms with Crippen LogP contribution in [0.3, 0.4) is 0 Å². The highest BCUT2D eigenvalue weighted by atomic mass is 33.1. The van der Waals surface area contributed by atoms with Gasteiger partial charge in [0, 0.05) is 5.75 Å². The molecule has 0 aliphatic heterocycles. The Hall–Kier alpha value is 0.480. The highest BCUT2D eigenvalue weighted by molar-refractivity contribution is 8.68. The molecule has 0 atom stereocenters. The van der Waals surface area contributed by atoms with Gasteiger partial charge in [0.15, 0.2) is 0 Å². The maximum Gasteiger partial charge on any atom is 0.304 e. The Labute approximate surface area is 74.4 Å². The van der Waals surface area contributed by atoms with Gasteiger partial charge in [0.1, 0.15) is 0 Å². The van der Waals surface area contributed by atoms with Crippen LogP contribution in [0.2, 0.25) is 0 Å². The van der Waals surface area contributed by atoms with E-state index in [1.54, 1.807) is 0 Å². The van der Waals surface area contributed by atoms with E-state index in [9.17, 15) is 4.79 Å². The topological polar surface area (TPSA) is 57.5 Å². The van der Waals surface area contributed by atoms with Gasteiger partial charge in [0.2, 0.25) is 0 Å². The molecule has 0 unspecified atom stereocenters. The molecule has 0 aliphatic carbocycles. The molecule has 0 amide bonds. The highest BCUT2D eigenvalue weighted by Crippen LogP contribution is 1.98. The Morgan fingerprint density at radius 3 is 2.00 bits per heavy atom. The van der Waals surface area contributed by atoms with Crippen molar-refractivity contribution in [3.63, 3.8) is 0 Å². The van der Waals surface area contributed by atoms with E-state index in [0.29, 0.717) is 5.75 Å². The molecule has 0 aliphatic rings. The molecular formula is C4H10O3S3. The lowest BCUT2D eigenvalue weighted by Crippen LogP contribution is -1.93. The third-order valence-electron chi connectivity index (χ3n) is 0.383. The molecule has 0 bridgehead atoms. The first-order chi connectivity index (χ1) is 4.68. The summed E-state index contributed by atoms with van der Waals surface area (Å²) in [4.78, 5) is 9.55. The minimum Gasteiger partial charge on any atom is -0.481 e. The molecule has 0 aromatic rings. The van der Waals surface area contributed by atoms with Crippen LogP contribution in [0, 0.1) is 0 Å². The zero-order valence-electron chi connectivity index (χ0n) is 5.23. The minimum atomic E-state index is -0.787. The van der Waals surface area contributed by atoms with Crippen LogP contribution in [0.4, 0.5) is 0 Å². The second-order valence-corrected chi connectivity index (χ2v) is 2.86. The van der Waals surface area contributed by atoms with Gasteiger partial charge >= 0.3 is 5.97 Å². The van der Waals surface area contributed by atoms with Gasteiger partial charge in [-0.2, -0.15) is 12.6 Å². The van der Waals surface area contributed by atoms with Crippen LogP contribution in [0.1, 0.15) is 6.42 Å². The molecular weight excluding hydrogens is 192 g/mol. The average molecular weight is 202 g/mol. The third kappa shape index (κ3) is 23.6. The Kier molecular flexibility index (Phi) is 16.0. The number of aliphatic carboxylic acids is 1.